The molecule has 2 aromatic rings. The third kappa shape index (κ3) is 5.38. The van der Waals surface area contributed by atoms with E-state index in [4.69, 9.17) is 27.9 Å². The monoisotopic (exact) mass is 366 g/mol. The average Bonchev–Trinajstić information content (AvgIpc) is 2.52. The Morgan fingerprint density at radius 1 is 0.958 bits per heavy atom. The molecule has 130 valence electrons. The third-order valence-electron chi connectivity index (χ3n) is 3.78. The molecule has 0 fully saturated rings. The summed E-state index contributed by atoms with van der Waals surface area (Å²) in [5, 5.41) is 1.05. The zero-order chi connectivity index (χ0) is 17.7. The standard InChI is InChI=1S/C19H24Cl2N2O/c1-14(23(4)12-15-8-6-5-7-9-15)24-19-11-18(21)17(20)10-16(19)13-22(2)3/h5-11,14H,12-13H2,1-4H3. The summed E-state index contributed by atoms with van der Waals surface area (Å²) in [6.07, 6.45) is -0.0941. The van der Waals surface area contributed by atoms with Gasteiger partial charge >= 0.3 is 0 Å². The lowest BCUT2D eigenvalue weighted by atomic mass is 10.2. The van der Waals surface area contributed by atoms with E-state index >= 15 is 0 Å². The number of ether oxygens (including phenoxy) is 1. The van der Waals surface area contributed by atoms with E-state index in [9.17, 15) is 0 Å². The Labute approximate surface area is 154 Å². The van der Waals surface area contributed by atoms with E-state index in [0.29, 0.717) is 10.0 Å². The largest absolute Gasteiger partial charge is 0.475 e. The number of halogens is 2. The van der Waals surface area contributed by atoms with Gasteiger partial charge in [-0.1, -0.05) is 53.5 Å². The first-order valence-corrected chi connectivity index (χ1v) is 8.66. The fourth-order valence-corrected chi connectivity index (χ4v) is 2.76. The minimum Gasteiger partial charge on any atom is -0.475 e. The Hall–Kier alpha value is -1.26. The topological polar surface area (TPSA) is 15.7 Å². The van der Waals surface area contributed by atoms with Crippen molar-refractivity contribution in [3.05, 3.63) is 63.6 Å². The van der Waals surface area contributed by atoms with Gasteiger partial charge in [-0.05, 0) is 39.7 Å². The van der Waals surface area contributed by atoms with Gasteiger partial charge in [0.05, 0.1) is 10.0 Å². The first-order valence-electron chi connectivity index (χ1n) is 7.90. The number of hydrogen-bond acceptors (Lipinski definition) is 3. The SMILES string of the molecule is CC(Oc1cc(Cl)c(Cl)cc1CN(C)C)N(C)Cc1ccccc1. The fraction of sp³-hybridized carbons (Fsp3) is 0.368. The highest BCUT2D eigenvalue weighted by molar-refractivity contribution is 6.42. The Bertz CT molecular complexity index is 662. The Kier molecular flexibility index (Phi) is 6.93. The molecule has 0 saturated carbocycles. The first-order chi connectivity index (χ1) is 11.4. The molecule has 3 nitrogen and oxygen atoms in total. The lowest BCUT2D eigenvalue weighted by Gasteiger charge is -2.27. The summed E-state index contributed by atoms with van der Waals surface area (Å²) in [4.78, 5) is 4.22. The number of nitrogens with zero attached hydrogens (tertiary/aromatic N) is 2. The van der Waals surface area contributed by atoms with Crippen LogP contribution in [0.15, 0.2) is 42.5 Å². The van der Waals surface area contributed by atoms with E-state index in [1.54, 1.807) is 6.07 Å². The molecule has 0 radical (unpaired) electrons. The highest BCUT2D eigenvalue weighted by Gasteiger charge is 2.16. The Morgan fingerprint density at radius 2 is 1.58 bits per heavy atom. The molecule has 0 saturated heterocycles. The molecule has 2 aromatic carbocycles. The van der Waals surface area contributed by atoms with E-state index in [0.717, 1.165) is 24.4 Å². The van der Waals surface area contributed by atoms with Crippen molar-refractivity contribution in [1.82, 2.24) is 9.80 Å². The molecule has 0 aliphatic rings. The van der Waals surface area contributed by atoms with E-state index in [-0.39, 0.29) is 6.23 Å². The average molecular weight is 367 g/mol. The van der Waals surface area contributed by atoms with Crippen LogP contribution in [0.3, 0.4) is 0 Å². The van der Waals surface area contributed by atoms with Crippen LogP contribution in [-0.2, 0) is 13.1 Å². The molecule has 0 bridgehead atoms. The Balaban J connectivity index is 2.12. The van der Waals surface area contributed by atoms with Gasteiger partial charge in [0, 0.05) is 24.7 Å². The predicted octanol–water partition coefficient (Wildman–Crippen LogP) is 4.91. The summed E-state index contributed by atoms with van der Waals surface area (Å²) >= 11 is 12.3. The van der Waals surface area contributed by atoms with Crippen molar-refractivity contribution in [3.8, 4) is 5.75 Å². The van der Waals surface area contributed by atoms with Crippen LogP contribution in [0.4, 0.5) is 0 Å². The summed E-state index contributed by atoms with van der Waals surface area (Å²) in [5.74, 6) is 0.769. The number of hydrogen-bond donors (Lipinski definition) is 0. The van der Waals surface area contributed by atoms with Crippen molar-refractivity contribution in [1.29, 1.82) is 0 Å². The van der Waals surface area contributed by atoms with Gasteiger partial charge in [0.15, 0.2) is 0 Å². The molecule has 5 heteroatoms. The fourth-order valence-electron chi connectivity index (χ4n) is 2.42. The summed E-state index contributed by atoms with van der Waals surface area (Å²) in [6, 6.07) is 14.0. The molecular formula is C19H24Cl2N2O. The lowest BCUT2D eigenvalue weighted by molar-refractivity contribution is 0.0537. The van der Waals surface area contributed by atoms with Crippen LogP contribution in [0, 0.1) is 0 Å². The van der Waals surface area contributed by atoms with E-state index in [1.807, 2.05) is 52.3 Å². The van der Waals surface area contributed by atoms with E-state index in [1.165, 1.54) is 5.56 Å². The normalized spacial score (nSPS) is 12.7. The minimum absolute atomic E-state index is 0.0941. The predicted molar refractivity (Wildman–Crippen MR) is 102 cm³/mol. The second kappa shape index (κ2) is 8.72. The molecule has 0 heterocycles. The van der Waals surface area contributed by atoms with Crippen LogP contribution in [-0.4, -0.2) is 37.2 Å². The zero-order valence-corrected chi connectivity index (χ0v) is 16.1. The number of rotatable bonds is 7. The van der Waals surface area contributed by atoms with Crippen molar-refractivity contribution in [2.75, 3.05) is 21.1 Å². The minimum atomic E-state index is -0.0941. The van der Waals surface area contributed by atoms with Crippen LogP contribution >= 0.6 is 23.2 Å². The maximum Gasteiger partial charge on any atom is 0.149 e. The summed E-state index contributed by atoms with van der Waals surface area (Å²) in [6.45, 7) is 3.58. The highest BCUT2D eigenvalue weighted by atomic mass is 35.5. The lowest BCUT2D eigenvalue weighted by Crippen LogP contribution is -2.33. The van der Waals surface area contributed by atoms with Crippen LogP contribution in [0.5, 0.6) is 5.75 Å². The van der Waals surface area contributed by atoms with Gasteiger partial charge in [0.2, 0.25) is 0 Å². The summed E-state index contributed by atoms with van der Waals surface area (Å²) in [7, 11) is 6.06. The van der Waals surface area contributed by atoms with Crippen LogP contribution in [0.1, 0.15) is 18.1 Å². The molecular weight excluding hydrogens is 343 g/mol. The smallest absolute Gasteiger partial charge is 0.149 e. The van der Waals surface area contributed by atoms with Crippen molar-refractivity contribution in [2.45, 2.75) is 26.2 Å². The molecule has 0 spiro atoms. The molecule has 24 heavy (non-hydrogen) atoms. The van der Waals surface area contributed by atoms with Gasteiger partial charge in [0.25, 0.3) is 0 Å². The molecule has 0 N–H and O–H groups in total. The number of benzene rings is 2. The van der Waals surface area contributed by atoms with Gasteiger partial charge in [-0.3, -0.25) is 4.90 Å². The zero-order valence-electron chi connectivity index (χ0n) is 14.6. The van der Waals surface area contributed by atoms with Crippen molar-refractivity contribution in [3.63, 3.8) is 0 Å². The van der Waals surface area contributed by atoms with E-state index < -0.39 is 0 Å². The third-order valence-corrected chi connectivity index (χ3v) is 4.51. The molecule has 2 rings (SSSR count). The summed E-state index contributed by atoms with van der Waals surface area (Å²) < 4.78 is 6.17. The van der Waals surface area contributed by atoms with Gasteiger partial charge < -0.3 is 9.64 Å². The highest BCUT2D eigenvalue weighted by Crippen LogP contribution is 2.32. The molecule has 1 unspecified atom stereocenters. The second-order valence-electron chi connectivity index (χ2n) is 6.23. The van der Waals surface area contributed by atoms with Crippen molar-refractivity contribution >= 4 is 23.2 Å². The van der Waals surface area contributed by atoms with Crippen LogP contribution in [0.25, 0.3) is 0 Å². The quantitative estimate of drug-likeness (QED) is 0.647. The molecule has 0 aliphatic heterocycles. The summed E-state index contributed by atoms with van der Waals surface area (Å²) in [5.41, 5.74) is 2.27. The maximum absolute atomic E-state index is 6.18. The van der Waals surface area contributed by atoms with Crippen LogP contribution in [0.2, 0.25) is 10.0 Å². The Morgan fingerprint density at radius 3 is 2.21 bits per heavy atom. The van der Waals surface area contributed by atoms with Gasteiger partial charge in [-0.25, -0.2) is 0 Å². The van der Waals surface area contributed by atoms with Crippen molar-refractivity contribution < 1.29 is 4.74 Å². The molecule has 0 amide bonds. The van der Waals surface area contributed by atoms with Gasteiger partial charge in [-0.2, -0.15) is 0 Å². The molecule has 0 aromatic heterocycles. The first kappa shape index (κ1) is 19.1. The van der Waals surface area contributed by atoms with Gasteiger partial charge in [0.1, 0.15) is 12.0 Å². The second-order valence-corrected chi connectivity index (χ2v) is 7.04. The molecule has 0 aliphatic carbocycles. The van der Waals surface area contributed by atoms with E-state index in [2.05, 4.69) is 21.9 Å². The van der Waals surface area contributed by atoms with Crippen molar-refractivity contribution in [2.24, 2.45) is 0 Å². The molecule has 1 atom stereocenters. The van der Waals surface area contributed by atoms with Crippen LogP contribution < -0.4 is 4.74 Å². The maximum atomic E-state index is 6.18. The van der Waals surface area contributed by atoms with Gasteiger partial charge in [-0.15, -0.1) is 0 Å².